The highest BCUT2D eigenvalue weighted by atomic mass is 16.5. The lowest BCUT2D eigenvalue weighted by Gasteiger charge is -2.30. The highest BCUT2D eigenvalue weighted by Crippen LogP contribution is 2.43. The van der Waals surface area contributed by atoms with Gasteiger partial charge < -0.3 is 28.4 Å². The van der Waals surface area contributed by atoms with E-state index < -0.39 is 5.41 Å². The van der Waals surface area contributed by atoms with Crippen LogP contribution in [0.2, 0.25) is 0 Å². The third-order valence-electron chi connectivity index (χ3n) is 8.51. The number of hydrogen-bond acceptors (Lipinski definition) is 7. The molecule has 0 amide bonds. The smallest absolute Gasteiger partial charge is 0.193 e. The number of ketones is 1. The molecule has 0 heterocycles. The topological polar surface area (TPSA) is 72.5 Å². The fourth-order valence-corrected chi connectivity index (χ4v) is 5.66. The quantitative estimate of drug-likeness (QED) is 0.0459. The molecule has 7 nitrogen and oxygen atoms in total. The van der Waals surface area contributed by atoms with E-state index in [1.165, 1.54) is 0 Å². The summed E-state index contributed by atoms with van der Waals surface area (Å²) in [5.74, 6) is 2.35. The summed E-state index contributed by atoms with van der Waals surface area (Å²) in [6, 6.07) is 23.0. The van der Waals surface area contributed by atoms with Crippen LogP contribution in [-0.2, 0) is 39.4 Å². The van der Waals surface area contributed by atoms with Gasteiger partial charge in [-0.3, -0.25) is 4.79 Å². The van der Waals surface area contributed by atoms with Crippen LogP contribution < -0.4 is 14.2 Å². The van der Waals surface area contributed by atoms with Gasteiger partial charge in [0.2, 0.25) is 0 Å². The molecular weight excluding hydrogens is 652 g/mol. The van der Waals surface area contributed by atoms with Crippen LogP contribution in [0.3, 0.4) is 0 Å². The molecule has 0 aliphatic rings. The number of ether oxygens (including phenoxy) is 6. The highest BCUT2D eigenvalue weighted by Gasteiger charge is 2.29. The zero-order chi connectivity index (χ0) is 37.5. The van der Waals surface area contributed by atoms with Crippen LogP contribution in [0.4, 0.5) is 0 Å². The number of carbonyl (C=O) groups is 1. The molecule has 4 rings (SSSR count). The Morgan fingerprint density at radius 1 is 0.635 bits per heavy atom. The Morgan fingerprint density at radius 2 is 1.08 bits per heavy atom. The minimum atomic E-state index is -0.539. The Morgan fingerprint density at radius 3 is 1.54 bits per heavy atom. The zero-order valence-electron chi connectivity index (χ0n) is 30.9. The molecule has 0 fully saturated rings. The van der Waals surface area contributed by atoms with E-state index in [1.54, 1.807) is 55.7 Å². The van der Waals surface area contributed by atoms with Crippen molar-refractivity contribution in [3.05, 3.63) is 168 Å². The van der Waals surface area contributed by atoms with Crippen LogP contribution >= 0.6 is 0 Å². The summed E-state index contributed by atoms with van der Waals surface area (Å²) >= 11 is 0. The third-order valence-corrected chi connectivity index (χ3v) is 8.51. The van der Waals surface area contributed by atoms with Gasteiger partial charge in [0.1, 0.15) is 18.1 Å². The van der Waals surface area contributed by atoms with Gasteiger partial charge in [-0.05, 0) is 66.6 Å². The first-order valence-corrected chi connectivity index (χ1v) is 17.2. The number of methoxy groups -OCH3 is 1. The Balaban J connectivity index is 1.80. The van der Waals surface area contributed by atoms with E-state index in [0.29, 0.717) is 67.2 Å². The summed E-state index contributed by atoms with van der Waals surface area (Å²) in [6.07, 6.45) is 6.84. The maximum absolute atomic E-state index is 13.2. The van der Waals surface area contributed by atoms with Crippen LogP contribution in [0.25, 0.3) is 0 Å². The van der Waals surface area contributed by atoms with Gasteiger partial charge in [0, 0.05) is 33.2 Å². The molecule has 0 bridgehead atoms. The van der Waals surface area contributed by atoms with Gasteiger partial charge in [0.25, 0.3) is 0 Å². The summed E-state index contributed by atoms with van der Waals surface area (Å²) in [4.78, 5) is 13.2. The SMILES string of the molecule is C=CCOCc1cc(C(C)(C)c2cc(COCC=C)c(OC)c(OCC=C)c2)cc(COCC=C)c1Oc1ccc(C(=O)c2ccc(C)cc2)cc1. The Hall–Kier alpha value is -5.21. The summed E-state index contributed by atoms with van der Waals surface area (Å²) in [7, 11) is 1.62. The maximum atomic E-state index is 13.2. The number of carbonyl (C=O) groups excluding carboxylic acids is 1. The lowest BCUT2D eigenvalue weighted by molar-refractivity contribution is 0.103. The van der Waals surface area contributed by atoms with Crippen LogP contribution in [-0.4, -0.2) is 39.3 Å². The Kier molecular flexibility index (Phi) is 14.8. The Bertz CT molecular complexity index is 1800. The minimum absolute atomic E-state index is 0.0535. The normalized spacial score (nSPS) is 11.1. The molecule has 272 valence electrons. The van der Waals surface area contributed by atoms with Crippen molar-refractivity contribution >= 4 is 5.78 Å². The van der Waals surface area contributed by atoms with Crippen molar-refractivity contribution in [3.8, 4) is 23.0 Å². The molecule has 0 aromatic heterocycles. The average molecular weight is 703 g/mol. The molecule has 7 heteroatoms. The van der Waals surface area contributed by atoms with E-state index >= 15 is 0 Å². The Labute approximate surface area is 308 Å². The van der Waals surface area contributed by atoms with Crippen molar-refractivity contribution in [1.82, 2.24) is 0 Å². The van der Waals surface area contributed by atoms with E-state index in [1.807, 2.05) is 37.3 Å². The zero-order valence-corrected chi connectivity index (χ0v) is 30.9. The van der Waals surface area contributed by atoms with Gasteiger partial charge in [0.05, 0.1) is 46.8 Å². The monoisotopic (exact) mass is 702 g/mol. The van der Waals surface area contributed by atoms with E-state index in [-0.39, 0.29) is 19.0 Å². The minimum Gasteiger partial charge on any atom is -0.492 e. The van der Waals surface area contributed by atoms with Crippen molar-refractivity contribution in [2.24, 2.45) is 0 Å². The first-order valence-electron chi connectivity index (χ1n) is 17.2. The molecule has 0 spiro atoms. The molecule has 0 saturated heterocycles. The molecular formula is C45H50O7. The largest absolute Gasteiger partial charge is 0.492 e. The molecule has 4 aromatic carbocycles. The first kappa shape index (κ1) is 39.6. The standard InChI is InChI=1S/C45H50O7/c1-9-21-48-29-35-25-38(45(6,7)39-27-37(31-50-23-11-3)44(47-8)41(28-39)51-24-12-4)26-36(30-49-22-10-2)43(35)52-40-19-17-34(18-20-40)42(46)33-15-13-32(5)14-16-33/h9-20,25-28H,1-4,21-24,29-31H2,5-8H3. The summed E-state index contributed by atoms with van der Waals surface area (Å²) in [6.45, 7) is 23.8. The number of benzene rings is 4. The third kappa shape index (κ3) is 10.2. The second kappa shape index (κ2) is 19.4. The van der Waals surface area contributed by atoms with Crippen LogP contribution in [0.1, 0.15) is 63.1 Å². The van der Waals surface area contributed by atoms with E-state index in [0.717, 1.165) is 33.4 Å². The fraction of sp³-hybridized carbons (Fsp3) is 0.267. The average Bonchev–Trinajstić information content (AvgIpc) is 3.15. The van der Waals surface area contributed by atoms with E-state index in [4.69, 9.17) is 28.4 Å². The molecule has 0 unspecified atom stereocenters. The lowest BCUT2D eigenvalue weighted by Crippen LogP contribution is -2.21. The van der Waals surface area contributed by atoms with Gasteiger partial charge in [0.15, 0.2) is 17.3 Å². The predicted molar refractivity (Wildman–Crippen MR) is 208 cm³/mol. The molecule has 0 radical (unpaired) electrons. The van der Waals surface area contributed by atoms with Gasteiger partial charge in [-0.25, -0.2) is 0 Å². The van der Waals surface area contributed by atoms with E-state index in [2.05, 4.69) is 58.4 Å². The van der Waals surface area contributed by atoms with Gasteiger partial charge >= 0.3 is 0 Å². The predicted octanol–water partition coefficient (Wildman–Crippen LogP) is 10.0. The van der Waals surface area contributed by atoms with E-state index in [9.17, 15) is 4.79 Å². The molecule has 0 aliphatic carbocycles. The van der Waals surface area contributed by atoms with Gasteiger partial charge in [-0.2, -0.15) is 0 Å². The van der Waals surface area contributed by atoms with Crippen LogP contribution in [0.15, 0.2) is 123 Å². The van der Waals surface area contributed by atoms with Crippen molar-refractivity contribution in [2.75, 3.05) is 33.5 Å². The first-order chi connectivity index (χ1) is 25.2. The lowest BCUT2D eigenvalue weighted by atomic mass is 9.76. The highest BCUT2D eigenvalue weighted by molar-refractivity contribution is 6.09. The second-order valence-electron chi connectivity index (χ2n) is 12.7. The second-order valence-corrected chi connectivity index (χ2v) is 12.7. The van der Waals surface area contributed by atoms with Crippen molar-refractivity contribution in [2.45, 2.75) is 46.0 Å². The number of aryl methyl sites for hydroxylation is 1. The molecule has 0 saturated carbocycles. The van der Waals surface area contributed by atoms with Crippen molar-refractivity contribution in [3.63, 3.8) is 0 Å². The molecule has 52 heavy (non-hydrogen) atoms. The number of rotatable bonds is 22. The van der Waals surface area contributed by atoms with Crippen molar-refractivity contribution < 1.29 is 33.2 Å². The molecule has 0 aliphatic heterocycles. The molecule has 4 aromatic rings. The summed E-state index contributed by atoms with van der Waals surface area (Å²) < 4.78 is 36.4. The van der Waals surface area contributed by atoms with Gasteiger partial charge in [-0.1, -0.05) is 74.6 Å². The molecule has 0 N–H and O–H groups in total. The van der Waals surface area contributed by atoms with Gasteiger partial charge in [-0.15, -0.1) is 19.7 Å². The fourth-order valence-electron chi connectivity index (χ4n) is 5.66. The molecule has 0 atom stereocenters. The summed E-state index contributed by atoms with van der Waals surface area (Å²) in [5, 5.41) is 0. The van der Waals surface area contributed by atoms with Crippen LogP contribution in [0, 0.1) is 6.92 Å². The van der Waals surface area contributed by atoms with Crippen molar-refractivity contribution in [1.29, 1.82) is 0 Å². The maximum Gasteiger partial charge on any atom is 0.193 e. The summed E-state index contributed by atoms with van der Waals surface area (Å²) in [5.41, 5.74) is 6.27. The van der Waals surface area contributed by atoms with Crippen LogP contribution in [0.5, 0.6) is 23.0 Å². The number of hydrogen-bond donors (Lipinski definition) is 0.